The maximum absolute atomic E-state index is 12.3. The van der Waals surface area contributed by atoms with Crippen LogP contribution in [0.4, 0.5) is 0 Å². The van der Waals surface area contributed by atoms with Gasteiger partial charge in [0.1, 0.15) is 5.69 Å². The van der Waals surface area contributed by atoms with Crippen LogP contribution in [0.25, 0.3) is 0 Å². The van der Waals surface area contributed by atoms with Gasteiger partial charge in [0.05, 0.1) is 25.4 Å². The van der Waals surface area contributed by atoms with Crippen molar-refractivity contribution in [2.45, 2.75) is 38.0 Å². The number of rotatable bonds is 3. The summed E-state index contributed by atoms with van der Waals surface area (Å²) >= 11 is 0. The Bertz CT molecular complexity index is 531. The highest BCUT2D eigenvalue weighted by Crippen LogP contribution is 2.26. The molecule has 1 aromatic rings. The molecule has 0 unspecified atom stereocenters. The lowest BCUT2D eigenvalue weighted by atomic mass is 10.1. The first kappa shape index (κ1) is 15.4. The van der Waals surface area contributed by atoms with Crippen LogP contribution < -0.4 is 5.32 Å². The molecule has 0 bridgehead atoms. The van der Waals surface area contributed by atoms with Crippen LogP contribution in [0.15, 0.2) is 18.3 Å². The highest BCUT2D eigenvalue weighted by Gasteiger charge is 2.39. The fourth-order valence-corrected chi connectivity index (χ4v) is 3.39. The maximum Gasteiger partial charge on any atom is 0.270 e. The molecule has 0 aromatic carbocycles. The zero-order chi connectivity index (χ0) is 15.5. The van der Waals surface area contributed by atoms with Crippen LogP contribution in [-0.2, 0) is 4.74 Å². The number of aliphatic hydroxyl groups excluding tert-OH is 1. The Morgan fingerprint density at radius 3 is 2.91 bits per heavy atom. The van der Waals surface area contributed by atoms with Gasteiger partial charge in [-0.25, -0.2) is 0 Å². The molecule has 2 aliphatic rings. The minimum atomic E-state index is -0.536. The zero-order valence-corrected chi connectivity index (χ0v) is 12.9. The molecule has 6 heteroatoms. The fourth-order valence-electron chi connectivity index (χ4n) is 3.39. The normalized spacial score (nSPS) is 29.5. The van der Waals surface area contributed by atoms with Gasteiger partial charge in [0.25, 0.3) is 5.91 Å². The summed E-state index contributed by atoms with van der Waals surface area (Å²) in [6.45, 7) is 4.99. The van der Waals surface area contributed by atoms with E-state index in [9.17, 15) is 9.90 Å². The SMILES string of the molecule is Cc1cccnc1C(=O)N[C@@H]1CC[C@@H](N2CCOCC2)[C@@H]1O. The van der Waals surface area contributed by atoms with Crippen molar-refractivity contribution in [1.82, 2.24) is 15.2 Å². The molecule has 22 heavy (non-hydrogen) atoms. The summed E-state index contributed by atoms with van der Waals surface area (Å²) in [6, 6.07) is 3.58. The molecule has 0 spiro atoms. The van der Waals surface area contributed by atoms with Crippen molar-refractivity contribution >= 4 is 5.91 Å². The molecule has 1 saturated carbocycles. The van der Waals surface area contributed by atoms with Gasteiger partial charge in [-0.3, -0.25) is 14.7 Å². The van der Waals surface area contributed by atoms with Gasteiger partial charge in [-0.05, 0) is 31.4 Å². The molecule has 1 aliphatic heterocycles. The molecule has 2 fully saturated rings. The summed E-state index contributed by atoms with van der Waals surface area (Å²) in [5, 5.41) is 13.5. The molecular weight excluding hydrogens is 282 g/mol. The van der Waals surface area contributed by atoms with E-state index in [0.717, 1.165) is 31.5 Å². The van der Waals surface area contributed by atoms with Gasteiger partial charge in [0.2, 0.25) is 0 Å². The molecule has 1 saturated heterocycles. The smallest absolute Gasteiger partial charge is 0.270 e. The second-order valence-corrected chi connectivity index (χ2v) is 6.03. The summed E-state index contributed by atoms with van der Waals surface area (Å²) in [5.41, 5.74) is 1.28. The van der Waals surface area contributed by atoms with E-state index >= 15 is 0 Å². The largest absolute Gasteiger partial charge is 0.389 e. The van der Waals surface area contributed by atoms with Crippen molar-refractivity contribution in [3.8, 4) is 0 Å². The molecule has 3 rings (SSSR count). The summed E-state index contributed by atoms with van der Waals surface area (Å²) < 4.78 is 5.36. The first-order valence-corrected chi connectivity index (χ1v) is 7.89. The second kappa shape index (κ2) is 6.73. The zero-order valence-electron chi connectivity index (χ0n) is 12.9. The molecule has 6 nitrogen and oxygen atoms in total. The van der Waals surface area contributed by atoms with Crippen LogP contribution in [0.2, 0.25) is 0 Å². The second-order valence-electron chi connectivity index (χ2n) is 6.03. The van der Waals surface area contributed by atoms with Crippen LogP contribution in [0.5, 0.6) is 0 Å². The number of hydrogen-bond donors (Lipinski definition) is 2. The molecule has 0 radical (unpaired) electrons. The van der Waals surface area contributed by atoms with E-state index in [-0.39, 0.29) is 18.0 Å². The van der Waals surface area contributed by atoms with Crippen molar-refractivity contribution in [2.24, 2.45) is 0 Å². The Hall–Kier alpha value is -1.50. The van der Waals surface area contributed by atoms with Crippen molar-refractivity contribution in [3.05, 3.63) is 29.6 Å². The molecule has 1 aromatic heterocycles. The number of amides is 1. The lowest BCUT2D eigenvalue weighted by Crippen LogP contribution is -2.51. The topological polar surface area (TPSA) is 74.7 Å². The number of nitrogens with zero attached hydrogens (tertiary/aromatic N) is 2. The Kier molecular flexibility index (Phi) is 4.71. The van der Waals surface area contributed by atoms with E-state index in [1.54, 1.807) is 6.20 Å². The van der Waals surface area contributed by atoms with Crippen LogP contribution in [0, 0.1) is 6.92 Å². The lowest BCUT2D eigenvalue weighted by molar-refractivity contribution is -0.0154. The van der Waals surface area contributed by atoms with Gasteiger partial charge in [-0.2, -0.15) is 0 Å². The third-order valence-corrected chi connectivity index (χ3v) is 4.64. The highest BCUT2D eigenvalue weighted by atomic mass is 16.5. The Labute approximate surface area is 130 Å². The fraction of sp³-hybridized carbons (Fsp3) is 0.625. The standard InChI is InChI=1S/C16H23N3O3/c1-11-3-2-6-17-14(11)16(21)18-12-4-5-13(15(12)20)19-7-9-22-10-8-19/h2-3,6,12-13,15,20H,4-5,7-10H2,1H3,(H,18,21)/t12-,13-,15-/m1/s1. The number of aliphatic hydroxyl groups is 1. The van der Waals surface area contributed by atoms with E-state index < -0.39 is 6.10 Å². The summed E-state index contributed by atoms with van der Waals surface area (Å²) in [6.07, 6.45) is 2.77. The number of carbonyl (C=O) groups is 1. The number of hydrogen-bond acceptors (Lipinski definition) is 5. The van der Waals surface area contributed by atoms with Gasteiger partial charge < -0.3 is 15.2 Å². The van der Waals surface area contributed by atoms with Crippen LogP contribution in [-0.4, -0.2) is 65.4 Å². The number of pyridine rings is 1. The average Bonchev–Trinajstić information content (AvgIpc) is 2.89. The maximum atomic E-state index is 12.3. The predicted octanol–water partition coefficient (Wildman–Crippen LogP) is 0.344. The van der Waals surface area contributed by atoms with Crippen molar-refractivity contribution in [1.29, 1.82) is 0 Å². The molecule has 1 aliphatic carbocycles. The van der Waals surface area contributed by atoms with Crippen molar-refractivity contribution in [2.75, 3.05) is 26.3 Å². The first-order chi connectivity index (χ1) is 10.7. The average molecular weight is 305 g/mol. The quantitative estimate of drug-likeness (QED) is 0.842. The number of aromatic nitrogens is 1. The third-order valence-electron chi connectivity index (χ3n) is 4.64. The molecule has 2 N–H and O–H groups in total. The minimum absolute atomic E-state index is 0.110. The van der Waals surface area contributed by atoms with E-state index in [2.05, 4.69) is 15.2 Å². The monoisotopic (exact) mass is 305 g/mol. The predicted molar refractivity (Wildman–Crippen MR) is 81.6 cm³/mol. The summed E-state index contributed by atoms with van der Waals surface area (Å²) in [4.78, 5) is 18.7. The Morgan fingerprint density at radius 1 is 1.41 bits per heavy atom. The van der Waals surface area contributed by atoms with Gasteiger partial charge in [0, 0.05) is 25.3 Å². The minimum Gasteiger partial charge on any atom is -0.389 e. The number of ether oxygens (including phenoxy) is 1. The van der Waals surface area contributed by atoms with Gasteiger partial charge in [-0.15, -0.1) is 0 Å². The molecule has 2 heterocycles. The lowest BCUT2D eigenvalue weighted by Gasteiger charge is -2.34. The molecule has 120 valence electrons. The van der Waals surface area contributed by atoms with E-state index in [1.807, 2.05) is 19.1 Å². The number of aryl methyl sites for hydroxylation is 1. The Morgan fingerprint density at radius 2 is 2.18 bits per heavy atom. The van der Waals surface area contributed by atoms with E-state index in [0.29, 0.717) is 18.9 Å². The molecular formula is C16H23N3O3. The Balaban J connectivity index is 1.62. The number of nitrogens with one attached hydrogen (secondary N) is 1. The number of morpholine rings is 1. The molecule has 3 atom stereocenters. The highest BCUT2D eigenvalue weighted by molar-refractivity contribution is 5.93. The van der Waals surface area contributed by atoms with Crippen LogP contribution in [0.3, 0.4) is 0 Å². The van der Waals surface area contributed by atoms with Crippen molar-refractivity contribution < 1.29 is 14.6 Å². The van der Waals surface area contributed by atoms with Gasteiger partial charge >= 0.3 is 0 Å². The van der Waals surface area contributed by atoms with E-state index in [1.165, 1.54) is 0 Å². The van der Waals surface area contributed by atoms with Crippen LogP contribution in [0.1, 0.15) is 28.9 Å². The third kappa shape index (κ3) is 3.14. The molecule has 1 amide bonds. The van der Waals surface area contributed by atoms with Crippen molar-refractivity contribution in [3.63, 3.8) is 0 Å². The summed E-state index contributed by atoms with van der Waals surface area (Å²) in [5.74, 6) is -0.204. The van der Waals surface area contributed by atoms with Crippen LogP contribution >= 0.6 is 0 Å². The number of carbonyl (C=O) groups excluding carboxylic acids is 1. The van der Waals surface area contributed by atoms with Gasteiger partial charge in [0.15, 0.2) is 0 Å². The summed E-state index contributed by atoms with van der Waals surface area (Å²) in [7, 11) is 0. The first-order valence-electron chi connectivity index (χ1n) is 7.89. The van der Waals surface area contributed by atoms with E-state index in [4.69, 9.17) is 4.74 Å². The van der Waals surface area contributed by atoms with Gasteiger partial charge in [-0.1, -0.05) is 6.07 Å².